The first kappa shape index (κ1) is 12.8. The van der Waals surface area contributed by atoms with Gasteiger partial charge in [0.25, 0.3) is 0 Å². The Morgan fingerprint density at radius 2 is 2.35 bits per heavy atom. The van der Waals surface area contributed by atoms with Crippen molar-refractivity contribution in [3.63, 3.8) is 0 Å². The summed E-state index contributed by atoms with van der Waals surface area (Å²) in [5, 5.41) is 0.562. The molecule has 2 atom stereocenters. The normalized spacial score (nSPS) is 22.9. The molecule has 1 fully saturated rings. The van der Waals surface area contributed by atoms with Crippen molar-refractivity contribution < 1.29 is 4.39 Å². The molecule has 2 N–H and O–H groups in total. The molecule has 2 rings (SSSR count). The van der Waals surface area contributed by atoms with Gasteiger partial charge in [0.05, 0.1) is 0 Å². The van der Waals surface area contributed by atoms with Gasteiger partial charge in [0.2, 0.25) is 0 Å². The lowest BCUT2D eigenvalue weighted by Crippen LogP contribution is -2.32. The molecule has 0 aliphatic carbocycles. The Balaban J connectivity index is 2.25. The highest BCUT2D eigenvalue weighted by molar-refractivity contribution is 6.30. The third-order valence-electron chi connectivity index (χ3n) is 3.44. The molecule has 1 aromatic rings. The third kappa shape index (κ3) is 2.79. The second kappa shape index (κ2) is 5.34. The number of rotatable bonds is 3. The zero-order valence-corrected chi connectivity index (χ0v) is 10.8. The van der Waals surface area contributed by atoms with Crippen LogP contribution in [-0.4, -0.2) is 24.5 Å². The van der Waals surface area contributed by atoms with E-state index in [9.17, 15) is 4.39 Å². The average molecular weight is 257 g/mol. The molecule has 94 valence electrons. The Hall–Kier alpha value is -0.640. The summed E-state index contributed by atoms with van der Waals surface area (Å²) >= 11 is 5.93. The van der Waals surface area contributed by atoms with Gasteiger partial charge in [-0.2, -0.15) is 0 Å². The Kier molecular flexibility index (Phi) is 4.02. The second-order valence-electron chi connectivity index (χ2n) is 4.81. The number of nitrogens with zero attached hydrogens (tertiary/aromatic N) is 1. The molecule has 0 saturated carbocycles. The summed E-state index contributed by atoms with van der Waals surface area (Å²) in [5.41, 5.74) is 6.42. The standard InChI is InChI=1S/C13H18ClFN2/c1-9-4-5-17(8-9)13(7-16)11-6-10(14)2-3-12(11)15/h2-3,6,9,13H,4-5,7-8,16H2,1H3. The number of benzene rings is 1. The molecule has 1 aliphatic rings. The van der Waals surface area contributed by atoms with Crippen molar-refractivity contribution in [2.24, 2.45) is 11.7 Å². The van der Waals surface area contributed by atoms with Crippen LogP contribution in [0.5, 0.6) is 0 Å². The summed E-state index contributed by atoms with van der Waals surface area (Å²) in [5.74, 6) is 0.440. The zero-order valence-electron chi connectivity index (χ0n) is 10.00. The molecule has 1 heterocycles. The summed E-state index contributed by atoms with van der Waals surface area (Å²) in [6, 6.07) is 4.62. The molecular weight excluding hydrogens is 239 g/mol. The number of hydrogen-bond acceptors (Lipinski definition) is 2. The molecule has 0 aromatic heterocycles. The summed E-state index contributed by atoms with van der Waals surface area (Å²) in [6.45, 7) is 4.59. The lowest BCUT2D eigenvalue weighted by molar-refractivity contribution is 0.238. The van der Waals surface area contributed by atoms with E-state index in [4.69, 9.17) is 17.3 Å². The first-order valence-corrected chi connectivity index (χ1v) is 6.38. The lowest BCUT2D eigenvalue weighted by atomic mass is 10.0. The Labute approximate surface area is 107 Å². The largest absolute Gasteiger partial charge is 0.329 e. The fourth-order valence-electron chi connectivity index (χ4n) is 2.49. The molecule has 4 heteroatoms. The van der Waals surface area contributed by atoms with E-state index in [1.165, 1.54) is 6.07 Å². The minimum atomic E-state index is -0.218. The minimum absolute atomic E-state index is 0.0568. The van der Waals surface area contributed by atoms with Gasteiger partial charge in [0, 0.05) is 29.7 Å². The van der Waals surface area contributed by atoms with Crippen LogP contribution < -0.4 is 5.73 Å². The average Bonchev–Trinajstić information content (AvgIpc) is 2.71. The van der Waals surface area contributed by atoms with Crippen molar-refractivity contribution in [3.05, 3.63) is 34.6 Å². The van der Waals surface area contributed by atoms with Gasteiger partial charge >= 0.3 is 0 Å². The van der Waals surface area contributed by atoms with Crippen molar-refractivity contribution in [1.82, 2.24) is 4.90 Å². The summed E-state index contributed by atoms with van der Waals surface area (Å²) in [6.07, 6.45) is 1.15. The predicted molar refractivity (Wildman–Crippen MR) is 68.6 cm³/mol. The zero-order chi connectivity index (χ0) is 12.4. The van der Waals surface area contributed by atoms with Crippen LogP contribution in [0.4, 0.5) is 4.39 Å². The predicted octanol–water partition coefficient (Wildman–Crippen LogP) is 2.82. The topological polar surface area (TPSA) is 29.3 Å². The molecule has 0 spiro atoms. The van der Waals surface area contributed by atoms with Crippen LogP contribution in [0, 0.1) is 11.7 Å². The van der Waals surface area contributed by atoms with Crippen molar-refractivity contribution in [2.45, 2.75) is 19.4 Å². The Bertz CT molecular complexity index is 397. The SMILES string of the molecule is CC1CCN(C(CN)c2cc(Cl)ccc2F)C1. The van der Waals surface area contributed by atoms with E-state index in [-0.39, 0.29) is 11.9 Å². The van der Waals surface area contributed by atoms with E-state index in [0.717, 1.165) is 19.5 Å². The number of nitrogens with two attached hydrogens (primary N) is 1. The number of halogens is 2. The van der Waals surface area contributed by atoms with Crippen molar-refractivity contribution in [1.29, 1.82) is 0 Å². The molecule has 1 aromatic carbocycles. The second-order valence-corrected chi connectivity index (χ2v) is 5.24. The maximum atomic E-state index is 13.8. The summed E-state index contributed by atoms with van der Waals surface area (Å²) in [4.78, 5) is 2.25. The van der Waals surface area contributed by atoms with Gasteiger partial charge in [-0.05, 0) is 37.1 Å². The van der Waals surface area contributed by atoms with Gasteiger partial charge in [-0.15, -0.1) is 0 Å². The third-order valence-corrected chi connectivity index (χ3v) is 3.67. The number of likely N-dealkylation sites (tertiary alicyclic amines) is 1. The highest BCUT2D eigenvalue weighted by atomic mass is 35.5. The van der Waals surface area contributed by atoms with Crippen LogP contribution >= 0.6 is 11.6 Å². The highest BCUT2D eigenvalue weighted by Gasteiger charge is 2.27. The fourth-order valence-corrected chi connectivity index (χ4v) is 2.68. The van der Waals surface area contributed by atoms with E-state index < -0.39 is 0 Å². The first-order chi connectivity index (χ1) is 8.11. The monoisotopic (exact) mass is 256 g/mol. The smallest absolute Gasteiger partial charge is 0.128 e. The van der Waals surface area contributed by atoms with E-state index in [0.29, 0.717) is 23.0 Å². The van der Waals surface area contributed by atoms with Crippen molar-refractivity contribution in [2.75, 3.05) is 19.6 Å². The quantitative estimate of drug-likeness (QED) is 0.901. The van der Waals surface area contributed by atoms with Gasteiger partial charge in [0.1, 0.15) is 5.82 Å². The van der Waals surface area contributed by atoms with E-state index in [2.05, 4.69) is 11.8 Å². The molecular formula is C13H18ClFN2. The van der Waals surface area contributed by atoms with Crippen LogP contribution in [0.25, 0.3) is 0 Å². The molecule has 0 amide bonds. The summed E-state index contributed by atoms with van der Waals surface area (Å²) < 4.78 is 13.8. The minimum Gasteiger partial charge on any atom is -0.329 e. The van der Waals surface area contributed by atoms with Gasteiger partial charge < -0.3 is 5.73 Å². The highest BCUT2D eigenvalue weighted by Crippen LogP contribution is 2.29. The molecule has 2 nitrogen and oxygen atoms in total. The van der Waals surface area contributed by atoms with E-state index in [1.807, 2.05) is 0 Å². The van der Waals surface area contributed by atoms with Crippen molar-refractivity contribution in [3.8, 4) is 0 Å². The van der Waals surface area contributed by atoms with E-state index >= 15 is 0 Å². The maximum absolute atomic E-state index is 13.8. The van der Waals surface area contributed by atoms with Crippen LogP contribution in [0.1, 0.15) is 24.9 Å². The Morgan fingerprint density at radius 3 is 2.94 bits per heavy atom. The van der Waals surface area contributed by atoms with Crippen molar-refractivity contribution >= 4 is 11.6 Å². The first-order valence-electron chi connectivity index (χ1n) is 6.01. The van der Waals surface area contributed by atoms with Gasteiger partial charge in [-0.3, -0.25) is 4.90 Å². The lowest BCUT2D eigenvalue weighted by Gasteiger charge is -2.27. The van der Waals surface area contributed by atoms with Crippen LogP contribution in [0.15, 0.2) is 18.2 Å². The molecule has 0 bridgehead atoms. The van der Waals surface area contributed by atoms with Crippen LogP contribution in [-0.2, 0) is 0 Å². The number of hydrogen-bond donors (Lipinski definition) is 1. The molecule has 1 saturated heterocycles. The molecule has 0 radical (unpaired) electrons. The fraction of sp³-hybridized carbons (Fsp3) is 0.538. The molecule has 17 heavy (non-hydrogen) atoms. The van der Waals surface area contributed by atoms with Gasteiger partial charge in [-0.1, -0.05) is 18.5 Å². The van der Waals surface area contributed by atoms with Gasteiger partial charge in [-0.25, -0.2) is 4.39 Å². The molecule has 2 unspecified atom stereocenters. The van der Waals surface area contributed by atoms with Gasteiger partial charge in [0.15, 0.2) is 0 Å². The van der Waals surface area contributed by atoms with E-state index in [1.54, 1.807) is 12.1 Å². The van der Waals surface area contributed by atoms with Crippen LogP contribution in [0.2, 0.25) is 5.02 Å². The van der Waals surface area contributed by atoms with Crippen LogP contribution in [0.3, 0.4) is 0 Å². The molecule has 1 aliphatic heterocycles. The maximum Gasteiger partial charge on any atom is 0.128 e. The summed E-state index contributed by atoms with van der Waals surface area (Å²) in [7, 11) is 0. The Morgan fingerprint density at radius 1 is 1.59 bits per heavy atom.